The molecule has 1 aliphatic heterocycles. The van der Waals surface area contributed by atoms with E-state index in [1.165, 1.54) is 0 Å². The molecule has 6 heteroatoms. The van der Waals surface area contributed by atoms with Gasteiger partial charge in [0.05, 0.1) is 5.41 Å². The Bertz CT molecular complexity index is 576. The molecule has 128 valence electrons. The molecule has 1 N–H and O–H groups in total. The summed E-state index contributed by atoms with van der Waals surface area (Å²) in [7, 11) is 1.65. The Morgan fingerprint density at radius 3 is 2.74 bits per heavy atom. The fourth-order valence-corrected chi connectivity index (χ4v) is 3.41. The topological polar surface area (TPSA) is 75.6 Å². The smallest absolute Gasteiger partial charge is 0.311 e. The number of ether oxygens (including phenoxy) is 1. The highest BCUT2D eigenvalue weighted by Gasteiger charge is 2.42. The van der Waals surface area contributed by atoms with E-state index in [1.807, 2.05) is 20.8 Å². The first kappa shape index (κ1) is 17.7. The van der Waals surface area contributed by atoms with Crippen molar-refractivity contribution in [2.45, 2.75) is 46.5 Å². The summed E-state index contributed by atoms with van der Waals surface area (Å²) in [5.41, 5.74) is 1.28. The summed E-state index contributed by atoms with van der Waals surface area (Å²) in [5, 5.41) is 9.83. The third-order valence-electron chi connectivity index (χ3n) is 4.81. The van der Waals surface area contributed by atoms with Crippen LogP contribution in [0, 0.1) is 26.2 Å². The van der Waals surface area contributed by atoms with Gasteiger partial charge in [0.15, 0.2) is 0 Å². The zero-order chi connectivity index (χ0) is 17.0. The van der Waals surface area contributed by atoms with Crippen LogP contribution in [0.4, 0.5) is 5.82 Å². The third kappa shape index (κ3) is 3.80. The molecule has 1 fully saturated rings. The van der Waals surface area contributed by atoms with Gasteiger partial charge in [0.2, 0.25) is 0 Å². The van der Waals surface area contributed by atoms with Crippen LogP contribution in [-0.4, -0.2) is 47.8 Å². The van der Waals surface area contributed by atoms with E-state index in [-0.39, 0.29) is 0 Å². The first-order valence-corrected chi connectivity index (χ1v) is 8.19. The predicted molar refractivity (Wildman–Crippen MR) is 88.9 cm³/mol. The van der Waals surface area contributed by atoms with Gasteiger partial charge in [-0.05, 0) is 46.5 Å². The zero-order valence-electron chi connectivity index (χ0n) is 14.6. The SMILES string of the molecule is COCCCC1(C(=O)O)CCCN(c2nc(C)nc(C)c2C)C1. The van der Waals surface area contributed by atoms with Gasteiger partial charge in [-0.25, -0.2) is 9.97 Å². The average molecular weight is 321 g/mol. The number of piperidine rings is 1. The van der Waals surface area contributed by atoms with Crippen molar-refractivity contribution < 1.29 is 14.6 Å². The predicted octanol–water partition coefficient (Wildman–Crippen LogP) is 2.50. The lowest BCUT2D eigenvalue weighted by Gasteiger charge is -2.41. The molecule has 0 aliphatic carbocycles. The van der Waals surface area contributed by atoms with E-state index in [0.29, 0.717) is 26.0 Å². The molecule has 23 heavy (non-hydrogen) atoms. The molecule has 0 saturated carbocycles. The Kier molecular flexibility index (Phi) is 5.57. The first-order chi connectivity index (χ1) is 10.9. The van der Waals surface area contributed by atoms with Gasteiger partial charge in [0, 0.05) is 38.1 Å². The number of rotatable bonds is 6. The van der Waals surface area contributed by atoms with Gasteiger partial charge in [-0.15, -0.1) is 0 Å². The number of aryl methyl sites for hydroxylation is 2. The third-order valence-corrected chi connectivity index (χ3v) is 4.81. The lowest BCUT2D eigenvalue weighted by atomic mass is 9.76. The Morgan fingerprint density at radius 2 is 2.09 bits per heavy atom. The molecule has 2 rings (SSSR count). The van der Waals surface area contributed by atoms with Crippen LogP contribution in [0.15, 0.2) is 0 Å². The molecule has 1 unspecified atom stereocenters. The van der Waals surface area contributed by atoms with E-state index in [4.69, 9.17) is 4.74 Å². The lowest BCUT2D eigenvalue weighted by Crippen LogP contribution is -2.48. The normalized spacial score (nSPS) is 21.5. The number of hydrogen-bond acceptors (Lipinski definition) is 5. The minimum absolute atomic E-state index is 0.503. The van der Waals surface area contributed by atoms with Crippen LogP contribution >= 0.6 is 0 Å². The summed E-state index contributed by atoms with van der Waals surface area (Å²) < 4.78 is 5.09. The maximum absolute atomic E-state index is 12.0. The fourth-order valence-electron chi connectivity index (χ4n) is 3.41. The molecule has 2 heterocycles. The molecule has 1 aromatic rings. The van der Waals surface area contributed by atoms with Gasteiger partial charge in [0.1, 0.15) is 11.6 Å². The largest absolute Gasteiger partial charge is 0.481 e. The quantitative estimate of drug-likeness (QED) is 0.811. The highest BCUT2D eigenvalue weighted by molar-refractivity contribution is 5.76. The van der Waals surface area contributed by atoms with Crippen LogP contribution < -0.4 is 4.90 Å². The molecule has 0 amide bonds. The number of methoxy groups -OCH3 is 1. The highest BCUT2D eigenvalue weighted by Crippen LogP contribution is 2.37. The van der Waals surface area contributed by atoms with E-state index in [1.54, 1.807) is 7.11 Å². The van der Waals surface area contributed by atoms with Crippen LogP contribution in [0.2, 0.25) is 0 Å². The van der Waals surface area contributed by atoms with Crippen molar-refractivity contribution >= 4 is 11.8 Å². The van der Waals surface area contributed by atoms with Crippen LogP contribution in [0.25, 0.3) is 0 Å². The number of carboxylic acid groups (broad SMARTS) is 1. The number of aromatic nitrogens is 2. The van der Waals surface area contributed by atoms with Gasteiger partial charge in [-0.2, -0.15) is 0 Å². The maximum Gasteiger partial charge on any atom is 0.311 e. The maximum atomic E-state index is 12.0. The van der Waals surface area contributed by atoms with Crippen LogP contribution in [0.5, 0.6) is 0 Å². The Morgan fingerprint density at radius 1 is 1.35 bits per heavy atom. The monoisotopic (exact) mass is 321 g/mol. The average Bonchev–Trinajstić information content (AvgIpc) is 2.51. The minimum Gasteiger partial charge on any atom is -0.481 e. The molecular formula is C17H27N3O3. The van der Waals surface area contributed by atoms with Crippen LogP contribution in [0.3, 0.4) is 0 Å². The summed E-state index contributed by atoms with van der Waals surface area (Å²) >= 11 is 0. The second-order valence-electron chi connectivity index (χ2n) is 6.51. The number of anilines is 1. The van der Waals surface area contributed by atoms with Crippen molar-refractivity contribution in [2.75, 3.05) is 31.7 Å². The van der Waals surface area contributed by atoms with Crippen molar-refractivity contribution in [3.8, 4) is 0 Å². The van der Waals surface area contributed by atoms with Gasteiger partial charge in [-0.3, -0.25) is 4.79 Å². The van der Waals surface area contributed by atoms with Crippen LogP contribution in [-0.2, 0) is 9.53 Å². The molecule has 1 aliphatic rings. The van der Waals surface area contributed by atoms with E-state index in [9.17, 15) is 9.90 Å². The number of carbonyl (C=O) groups is 1. The first-order valence-electron chi connectivity index (χ1n) is 8.19. The number of hydrogen-bond donors (Lipinski definition) is 1. The molecule has 6 nitrogen and oxygen atoms in total. The van der Waals surface area contributed by atoms with Gasteiger partial charge >= 0.3 is 5.97 Å². The van der Waals surface area contributed by atoms with E-state index in [2.05, 4.69) is 14.9 Å². The second-order valence-corrected chi connectivity index (χ2v) is 6.51. The highest BCUT2D eigenvalue weighted by atomic mass is 16.5. The number of carboxylic acids is 1. The Labute approximate surface area is 137 Å². The van der Waals surface area contributed by atoms with Crippen molar-refractivity contribution in [2.24, 2.45) is 5.41 Å². The number of aliphatic carboxylic acids is 1. The molecule has 1 saturated heterocycles. The molecule has 0 bridgehead atoms. The fraction of sp³-hybridized carbons (Fsp3) is 0.706. The summed E-state index contributed by atoms with van der Waals surface area (Å²) in [4.78, 5) is 23.1. The summed E-state index contributed by atoms with van der Waals surface area (Å²) in [6.07, 6.45) is 2.97. The zero-order valence-corrected chi connectivity index (χ0v) is 14.6. The van der Waals surface area contributed by atoms with Gasteiger partial charge in [0.25, 0.3) is 0 Å². The van der Waals surface area contributed by atoms with Gasteiger partial charge in [-0.1, -0.05) is 0 Å². The Balaban J connectivity index is 2.26. The summed E-state index contributed by atoms with van der Waals surface area (Å²) in [5.74, 6) is 0.902. The molecule has 0 spiro atoms. The van der Waals surface area contributed by atoms with Crippen molar-refractivity contribution in [3.63, 3.8) is 0 Å². The van der Waals surface area contributed by atoms with E-state index in [0.717, 1.165) is 42.3 Å². The van der Waals surface area contributed by atoms with Crippen molar-refractivity contribution in [1.82, 2.24) is 9.97 Å². The van der Waals surface area contributed by atoms with Gasteiger partial charge < -0.3 is 14.7 Å². The summed E-state index contributed by atoms with van der Waals surface area (Å²) in [6, 6.07) is 0. The molecule has 1 atom stereocenters. The number of nitrogens with zero attached hydrogens (tertiary/aromatic N) is 3. The van der Waals surface area contributed by atoms with Crippen molar-refractivity contribution in [3.05, 3.63) is 17.1 Å². The van der Waals surface area contributed by atoms with E-state index >= 15 is 0 Å². The van der Waals surface area contributed by atoms with E-state index < -0.39 is 11.4 Å². The van der Waals surface area contributed by atoms with Crippen molar-refractivity contribution in [1.29, 1.82) is 0 Å². The van der Waals surface area contributed by atoms with Crippen LogP contribution in [0.1, 0.15) is 42.8 Å². The standard InChI is InChI=1S/C17H27N3O3/c1-12-13(2)18-14(3)19-15(12)20-9-5-7-17(11-20,16(21)22)8-6-10-23-4/h5-11H2,1-4H3,(H,21,22). The summed E-state index contributed by atoms with van der Waals surface area (Å²) in [6.45, 7) is 7.80. The second kappa shape index (κ2) is 7.25. The molecular weight excluding hydrogens is 294 g/mol. The molecule has 0 aromatic carbocycles. The Hall–Kier alpha value is -1.69. The molecule has 1 aromatic heterocycles. The minimum atomic E-state index is -0.712. The lowest BCUT2D eigenvalue weighted by molar-refractivity contribution is -0.150. The molecule has 0 radical (unpaired) electrons.